The van der Waals surface area contributed by atoms with Crippen LogP contribution in [0.5, 0.6) is 5.75 Å². The van der Waals surface area contributed by atoms with Crippen molar-refractivity contribution in [3.05, 3.63) is 57.1 Å². The number of ether oxygens (including phenoxy) is 1. The van der Waals surface area contributed by atoms with Crippen molar-refractivity contribution in [1.29, 1.82) is 0 Å². The van der Waals surface area contributed by atoms with E-state index in [1.165, 1.54) is 4.57 Å². The van der Waals surface area contributed by atoms with Gasteiger partial charge in [0, 0.05) is 37.9 Å². The molecule has 4 rings (SSSR count). The van der Waals surface area contributed by atoms with Gasteiger partial charge in [-0.3, -0.25) is 4.79 Å². The number of fused-ring (bicyclic) bond motifs is 1. The van der Waals surface area contributed by atoms with Crippen LogP contribution in [-0.2, 0) is 18.3 Å². The van der Waals surface area contributed by atoms with Crippen LogP contribution in [0.4, 0.5) is 5.95 Å². The van der Waals surface area contributed by atoms with Crippen LogP contribution in [0.2, 0.25) is 5.02 Å². The minimum Gasteiger partial charge on any atom is -0.479 e. The minimum atomic E-state index is -1.15. The molecule has 0 bridgehead atoms. The van der Waals surface area contributed by atoms with Gasteiger partial charge in [0.2, 0.25) is 5.95 Å². The first-order chi connectivity index (χ1) is 15.9. The molecular formula is C24H23ClN4O4. The topological polar surface area (TPSA) is 97.6 Å². The number of anilines is 1. The Morgan fingerprint density at radius 2 is 2.09 bits per heavy atom. The number of piperidine rings is 1. The molecule has 8 nitrogen and oxygen atoms in total. The fourth-order valence-electron chi connectivity index (χ4n) is 3.96. The predicted molar refractivity (Wildman–Crippen MR) is 126 cm³/mol. The van der Waals surface area contributed by atoms with Crippen LogP contribution < -0.4 is 15.2 Å². The van der Waals surface area contributed by atoms with Gasteiger partial charge >= 0.3 is 5.97 Å². The van der Waals surface area contributed by atoms with E-state index in [1.807, 2.05) is 18.2 Å². The monoisotopic (exact) mass is 466 g/mol. The zero-order valence-corrected chi connectivity index (χ0v) is 18.9. The molecule has 3 aromatic rings. The molecule has 1 N–H and O–H groups in total. The highest BCUT2D eigenvalue weighted by atomic mass is 35.5. The standard InChI is InChI=1S/C24H23ClN4O4/c1-3-15-6-8-29(9-7-15)24-26-13-18(25)19(27-24)11-16-4-5-20-17(10-16)12-21(23(32)28(20)2)33-14-22(30)31/h1,4-5,10,12-13,15H,6-9,11,14H2,2H3,(H,30,31). The molecule has 2 aromatic heterocycles. The lowest BCUT2D eigenvalue weighted by Gasteiger charge is -2.30. The number of halogens is 1. The van der Waals surface area contributed by atoms with Gasteiger partial charge in [-0.25, -0.2) is 14.8 Å². The van der Waals surface area contributed by atoms with Crippen LogP contribution >= 0.6 is 11.6 Å². The molecule has 0 saturated carbocycles. The van der Waals surface area contributed by atoms with E-state index >= 15 is 0 Å². The second-order valence-corrected chi connectivity index (χ2v) is 8.42. The molecule has 0 atom stereocenters. The van der Waals surface area contributed by atoms with Crippen molar-refractivity contribution >= 4 is 34.4 Å². The molecule has 33 heavy (non-hydrogen) atoms. The van der Waals surface area contributed by atoms with Gasteiger partial charge in [0.05, 0.1) is 22.4 Å². The van der Waals surface area contributed by atoms with Gasteiger partial charge in [0.1, 0.15) is 0 Å². The zero-order chi connectivity index (χ0) is 23.5. The third-order valence-corrected chi connectivity index (χ3v) is 6.11. The van der Waals surface area contributed by atoms with Crippen LogP contribution in [-0.4, -0.2) is 45.3 Å². The summed E-state index contributed by atoms with van der Waals surface area (Å²) in [6, 6.07) is 7.23. The Hall–Kier alpha value is -3.57. The van der Waals surface area contributed by atoms with E-state index < -0.39 is 18.1 Å². The second kappa shape index (κ2) is 9.51. The van der Waals surface area contributed by atoms with Gasteiger partial charge in [-0.15, -0.1) is 12.3 Å². The van der Waals surface area contributed by atoms with Crippen LogP contribution in [0.3, 0.4) is 0 Å². The Labute approximate surface area is 195 Å². The maximum absolute atomic E-state index is 12.4. The van der Waals surface area contributed by atoms with E-state index in [0.29, 0.717) is 34.5 Å². The highest BCUT2D eigenvalue weighted by Crippen LogP contribution is 2.25. The zero-order valence-electron chi connectivity index (χ0n) is 18.1. The minimum absolute atomic E-state index is 0.0118. The number of aliphatic carboxylic acids is 1. The second-order valence-electron chi connectivity index (χ2n) is 8.02. The molecule has 1 aliphatic rings. The number of nitrogens with zero attached hydrogens (tertiary/aromatic N) is 4. The van der Waals surface area contributed by atoms with Crippen molar-refractivity contribution in [3.63, 3.8) is 0 Å². The van der Waals surface area contributed by atoms with Gasteiger partial charge in [0.15, 0.2) is 12.4 Å². The van der Waals surface area contributed by atoms with E-state index in [2.05, 4.69) is 15.8 Å². The number of hydrogen-bond acceptors (Lipinski definition) is 6. The number of carboxylic acid groups (broad SMARTS) is 1. The Balaban J connectivity index is 1.61. The lowest BCUT2D eigenvalue weighted by molar-refractivity contribution is -0.139. The van der Waals surface area contributed by atoms with Crippen LogP contribution in [0, 0.1) is 18.3 Å². The van der Waals surface area contributed by atoms with Crippen molar-refractivity contribution in [3.8, 4) is 18.1 Å². The van der Waals surface area contributed by atoms with Crippen molar-refractivity contribution in [2.75, 3.05) is 24.6 Å². The lowest BCUT2D eigenvalue weighted by atomic mass is 9.98. The van der Waals surface area contributed by atoms with Crippen LogP contribution in [0.25, 0.3) is 10.9 Å². The smallest absolute Gasteiger partial charge is 0.341 e. The molecule has 0 amide bonds. The van der Waals surface area contributed by atoms with Crippen molar-refractivity contribution < 1.29 is 14.6 Å². The van der Waals surface area contributed by atoms with Gasteiger partial charge < -0.3 is 19.3 Å². The number of hydrogen-bond donors (Lipinski definition) is 1. The van der Waals surface area contributed by atoms with Gasteiger partial charge in [-0.2, -0.15) is 0 Å². The molecule has 1 aliphatic heterocycles. The first-order valence-corrected chi connectivity index (χ1v) is 10.9. The number of aromatic nitrogens is 3. The van der Waals surface area contributed by atoms with E-state index in [4.69, 9.17) is 32.9 Å². The molecule has 0 spiro atoms. The third-order valence-electron chi connectivity index (χ3n) is 5.80. The fourth-order valence-corrected chi connectivity index (χ4v) is 4.12. The van der Waals surface area contributed by atoms with Crippen LogP contribution in [0.1, 0.15) is 24.1 Å². The maximum Gasteiger partial charge on any atom is 0.341 e. The van der Waals surface area contributed by atoms with E-state index in [0.717, 1.165) is 36.9 Å². The molecule has 9 heteroatoms. The molecule has 0 radical (unpaired) electrons. The summed E-state index contributed by atoms with van der Waals surface area (Å²) in [6.07, 6.45) is 9.46. The van der Waals surface area contributed by atoms with Gasteiger partial charge in [-0.05, 0) is 36.6 Å². The van der Waals surface area contributed by atoms with Crippen molar-refractivity contribution in [2.45, 2.75) is 19.3 Å². The van der Waals surface area contributed by atoms with Gasteiger partial charge in [0.25, 0.3) is 5.56 Å². The largest absolute Gasteiger partial charge is 0.479 e. The first kappa shape index (κ1) is 22.6. The molecule has 1 aromatic carbocycles. The summed E-state index contributed by atoms with van der Waals surface area (Å²) in [6.45, 7) is 1.02. The summed E-state index contributed by atoms with van der Waals surface area (Å²) in [5, 5.41) is 10.1. The normalized spacial score (nSPS) is 14.3. The highest BCUT2D eigenvalue weighted by Gasteiger charge is 2.20. The van der Waals surface area contributed by atoms with Crippen molar-refractivity contribution in [2.24, 2.45) is 13.0 Å². The van der Waals surface area contributed by atoms with E-state index in [-0.39, 0.29) is 5.75 Å². The lowest BCUT2D eigenvalue weighted by Crippen LogP contribution is -2.34. The van der Waals surface area contributed by atoms with Gasteiger partial charge in [-0.1, -0.05) is 17.7 Å². The van der Waals surface area contributed by atoms with Crippen LogP contribution in [0.15, 0.2) is 35.3 Å². The summed E-state index contributed by atoms with van der Waals surface area (Å²) >= 11 is 6.40. The summed E-state index contributed by atoms with van der Waals surface area (Å²) in [4.78, 5) is 34.5. The third kappa shape index (κ3) is 4.94. The Kier molecular flexibility index (Phi) is 6.52. The predicted octanol–water partition coefficient (Wildman–Crippen LogP) is 2.89. The molecule has 0 unspecified atom stereocenters. The number of benzene rings is 1. The number of carboxylic acids is 1. The first-order valence-electron chi connectivity index (χ1n) is 10.6. The fraction of sp³-hybridized carbons (Fsp3) is 0.333. The molecule has 0 aliphatic carbocycles. The summed E-state index contributed by atoms with van der Waals surface area (Å²) in [5.41, 5.74) is 1.95. The SMILES string of the molecule is C#CC1CCN(c2ncc(Cl)c(Cc3ccc4c(c3)cc(OCC(=O)O)c(=O)n4C)n2)CC1. The molecule has 1 saturated heterocycles. The number of pyridine rings is 1. The number of aryl methyl sites for hydroxylation is 1. The number of carbonyl (C=O) groups is 1. The Morgan fingerprint density at radius 3 is 2.79 bits per heavy atom. The quantitative estimate of drug-likeness (QED) is 0.558. The average molecular weight is 467 g/mol. The maximum atomic E-state index is 12.4. The molecule has 1 fully saturated rings. The average Bonchev–Trinajstić information content (AvgIpc) is 2.82. The highest BCUT2D eigenvalue weighted by molar-refractivity contribution is 6.31. The molecule has 170 valence electrons. The van der Waals surface area contributed by atoms with Crippen molar-refractivity contribution in [1.82, 2.24) is 14.5 Å². The summed E-state index contributed by atoms with van der Waals surface area (Å²) in [5.74, 6) is 2.59. The Morgan fingerprint density at radius 1 is 1.33 bits per heavy atom. The summed E-state index contributed by atoms with van der Waals surface area (Å²) < 4.78 is 6.61. The summed E-state index contributed by atoms with van der Waals surface area (Å²) in [7, 11) is 1.62. The Bertz CT molecular complexity index is 1310. The molecule has 3 heterocycles. The number of rotatable bonds is 6. The van der Waals surface area contributed by atoms with E-state index in [1.54, 1.807) is 19.3 Å². The number of terminal acetylenes is 1. The molecular weight excluding hydrogens is 444 g/mol. The van der Waals surface area contributed by atoms with E-state index in [9.17, 15) is 9.59 Å².